The molecule has 140 valence electrons. The SMILES string of the molecule is COC(=O)CCN(Cc1ncc(-c2cccc(Cl)c2)o1)CC1CCCO1. The van der Waals surface area contributed by atoms with Gasteiger partial charge in [0.2, 0.25) is 5.89 Å². The number of carbonyl (C=O) groups is 1. The van der Waals surface area contributed by atoms with Gasteiger partial charge in [-0.05, 0) is 25.0 Å². The Bertz CT molecular complexity index is 728. The number of nitrogens with zero attached hydrogens (tertiary/aromatic N) is 2. The van der Waals surface area contributed by atoms with Crippen LogP contribution in [0.5, 0.6) is 0 Å². The number of rotatable bonds is 8. The Labute approximate surface area is 158 Å². The van der Waals surface area contributed by atoms with Crippen molar-refractivity contribution < 1.29 is 18.7 Å². The molecular weight excluding hydrogens is 356 g/mol. The van der Waals surface area contributed by atoms with Gasteiger partial charge in [0.15, 0.2) is 5.76 Å². The van der Waals surface area contributed by atoms with Gasteiger partial charge in [0.25, 0.3) is 0 Å². The highest BCUT2D eigenvalue weighted by atomic mass is 35.5. The number of esters is 1. The van der Waals surface area contributed by atoms with Crippen molar-refractivity contribution in [3.63, 3.8) is 0 Å². The highest BCUT2D eigenvalue weighted by Crippen LogP contribution is 2.24. The van der Waals surface area contributed by atoms with E-state index in [4.69, 9.17) is 25.5 Å². The van der Waals surface area contributed by atoms with Crippen LogP contribution in [0.4, 0.5) is 0 Å². The van der Waals surface area contributed by atoms with E-state index in [1.807, 2.05) is 24.3 Å². The lowest BCUT2D eigenvalue weighted by Gasteiger charge is -2.23. The summed E-state index contributed by atoms with van der Waals surface area (Å²) in [7, 11) is 1.40. The van der Waals surface area contributed by atoms with Crippen LogP contribution in [0.1, 0.15) is 25.2 Å². The zero-order valence-corrected chi connectivity index (χ0v) is 15.6. The molecule has 1 saturated heterocycles. The molecule has 1 unspecified atom stereocenters. The Kier molecular flexibility index (Phi) is 6.66. The maximum atomic E-state index is 11.5. The van der Waals surface area contributed by atoms with Gasteiger partial charge in [-0.1, -0.05) is 23.7 Å². The van der Waals surface area contributed by atoms with Crippen molar-refractivity contribution in [3.8, 4) is 11.3 Å². The Morgan fingerprint density at radius 3 is 3.08 bits per heavy atom. The summed E-state index contributed by atoms with van der Waals surface area (Å²) in [6.45, 7) is 2.62. The van der Waals surface area contributed by atoms with Gasteiger partial charge >= 0.3 is 5.97 Å². The van der Waals surface area contributed by atoms with Crippen LogP contribution >= 0.6 is 11.6 Å². The van der Waals surface area contributed by atoms with E-state index in [2.05, 4.69) is 9.88 Å². The van der Waals surface area contributed by atoms with Crippen molar-refractivity contribution in [1.29, 1.82) is 0 Å². The largest absolute Gasteiger partial charge is 0.469 e. The van der Waals surface area contributed by atoms with Crippen LogP contribution in [-0.2, 0) is 20.8 Å². The van der Waals surface area contributed by atoms with E-state index < -0.39 is 0 Å². The summed E-state index contributed by atoms with van der Waals surface area (Å²) in [4.78, 5) is 18.0. The average Bonchev–Trinajstić information content (AvgIpc) is 3.31. The molecule has 0 N–H and O–H groups in total. The van der Waals surface area contributed by atoms with Crippen molar-refractivity contribution in [2.24, 2.45) is 0 Å². The molecule has 0 spiro atoms. The molecule has 0 saturated carbocycles. The summed E-state index contributed by atoms with van der Waals surface area (Å²) >= 11 is 6.04. The number of halogens is 1. The number of hydrogen-bond donors (Lipinski definition) is 0. The van der Waals surface area contributed by atoms with E-state index in [9.17, 15) is 4.79 Å². The van der Waals surface area contributed by atoms with Gasteiger partial charge in [-0.25, -0.2) is 4.98 Å². The molecule has 1 aliphatic rings. The molecule has 1 aromatic heterocycles. The van der Waals surface area contributed by atoms with Crippen molar-refractivity contribution in [2.75, 3.05) is 26.8 Å². The minimum Gasteiger partial charge on any atom is -0.469 e. The topological polar surface area (TPSA) is 64.8 Å². The van der Waals surface area contributed by atoms with Crippen molar-refractivity contribution in [3.05, 3.63) is 41.4 Å². The first-order valence-electron chi connectivity index (χ1n) is 8.75. The van der Waals surface area contributed by atoms with Crippen LogP contribution in [0, 0.1) is 0 Å². The van der Waals surface area contributed by atoms with Crippen LogP contribution in [0.15, 0.2) is 34.9 Å². The number of hydrogen-bond acceptors (Lipinski definition) is 6. The minimum absolute atomic E-state index is 0.190. The summed E-state index contributed by atoms with van der Waals surface area (Å²) in [6.07, 6.45) is 4.33. The minimum atomic E-state index is -0.227. The average molecular weight is 379 g/mol. The van der Waals surface area contributed by atoms with Crippen molar-refractivity contribution >= 4 is 17.6 Å². The third-order valence-electron chi connectivity index (χ3n) is 4.37. The van der Waals surface area contributed by atoms with Gasteiger partial charge in [0.1, 0.15) is 0 Å². The second-order valence-corrected chi connectivity index (χ2v) is 6.76. The van der Waals surface area contributed by atoms with Gasteiger partial charge in [0.05, 0.1) is 32.4 Å². The van der Waals surface area contributed by atoms with Crippen molar-refractivity contribution in [1.82, 2.24) is 9.88 Å². The van der Waals surface area contributed by atoms with Crippen LogP contribution in [-0.4, -0.2) is 48.8 Å². The van der Waals surface area contributed by atoms with Crippen LogP contribution in [0.3, 0.4) is 0 Å². The van der Waals surface area contributed by atoms with Crippen LogP contribution < -0.4 is 0 Å². The number of aromatic nitrogens is 1. The summed E-state index contributed by atoms with van der Waals surface area (Å²) < 4.78 is 16.3. The third kappa shape index (κ3) is 5.30. The smallest absolute Gasteiger partial charge is 0.306 e. The van der Waals surface area contributed by atoms with E-state index in [1.54, 1.807) is 6.20 Å². The molecule has 3 rings (SSSR count). The molecule has 0 radical (unpaired) electrons. The lowest BCUT2D eigenvalue weighted by Crippen LogP contribution is -2.33. The molecule has 1 aliphatic heterocycles. The monoisotopic (exact) mass is 378 g/mol. The fourth-order valence-electron chi connectivity index (χ4n) is 3.01. The fourth-order valence-corrected chi connectivity index (χ4v) is 3.20. The number of methoxy groups -OCH3 is 1. The van der Waals surface area contributed by atoms with Crippen molar-refractivity contribution in [2.45, 2.75) is 31.9 Å². The van der Waals surface area contributed by atoms with Crippen LogP contribution in [0.25, 0.3) is 11.3 Å². The van der Waals surface area contributed by atoms with Gasteiger partial charge in [-0.3, -0.25) is 9.69 Å². The fraction of sp³-hybridized carbons (Fsp3) is 0.474. The van der Waals surface area contributed by atoms with E-state index in [0.29, 0.717) is 36.2 Å². The number of ether oxygens (including phenoxy) is 2. The van der Waals surface area contributed by atoms with Gasteiger partial charge in [0, 0.05) is 30.3 Å². The molecule has 0 amide bonds. The summed E-state index contributed by atoms with van der Waals surface area (Å²) in [6, 6.07) is 7.46. The molecule has 1 atom stereocenters. The van der Waals surface area contributed by atoms with Gasteiger partial charge in [-0.2, -0.15) is 0 Å². The summed E-state index contributed by atoms with van der Waals surface area (Å²) in [5.74, 6) is 1.05. The zero-order valence-electron chi connectivity index (χ0n) is 14.8. The molecule has 7 heteroatoms. The maximum Gasteiger partial charge on any atom is 0.306 e. The number of oxazole rings is 1. The van der Waals surface area contributed by atoms with Gasteiger partial charge < -0.3 is 13.9 Å². The molecule has 26 heavy (non-hydrogen) atoms. The molecule has 0 aliphatic carbocycles. The predicted octanol–water partition coefficient (Wildman–Crippen LogP) is 3.54. The molecule has 6 nitrogen and oxygen atoms in total. The Morgan fingerprint density at radius 1 is 1.46 bits per heavy atom. The summed E-state index contributed by atoms with van der Waals surface area (Å²) in [5.41, 5.74) is 0.886. The normalized spacial score (nSPS) is 17.0. The lowest BCUT2D eigenvalue weighted by atomic mass is 10.2. The van der Waals surface area contributed by atoms with Gasteiger partial charge in [-0.15, -0.1) is 0 Å². The highest BCUT2D eigenvalue weighted by Gasteiger charge is 2.21. The standard InChI is InChI=1S/C19H23ClN2O4/c1-24-19(23)7-8-22(12-16-6-3-9-25-16)13-18-21-11-17(26-18)14-4-2-5-15(20)10-14/h2,4-5,10-11,16H,3,6-9,12-13H2,1H3. The molecule has 0 bridgehead atoms. The van der Waals surface area contributed by atoms with E-state index in [-0.39, 0.29) is 12.1 Å². The molecule has 2 heterocycles. The Balaban J connectivity index is 1.66. The number of benzene rings is 1. The second-order valence-electron chi connectivity index (χ2n) is 6.32. The predicted molar refractivity (Wildman–Crippen MR) is 97.8 cm³/mol. The Morgan fingerprint density at radius 2 is 2.35 bits per heavy atom. The molecular formula is C19H23ClN2O4. The highest BCUT2D eigenvalue weighted by molar-refractivity contribution is 6.30. The second kappa shape index (κ2) is 9.16. The maximum absolute atomic E-state index is 11.5. The number of carbonyl (C=O) groups excluding carboxylic acids is 1. The molecule has 1 fully saturated rings. The molecule has 2 aromatic rings. The van der Waals surface area contributed by atoms with E-state index in [1.165, 1.54) is 7.11 Å². The Hall–Kier alpha value is -1.89. The molecule has 1 aromatic carbocycles. The van der Waals surface area contributed by atoms with E-state index in [0.717, 1.165) is 31.6 Å². The first kappa shape index (κ1) is 18.9. The first-order valence-corrected chi connectivity index (χ1v) is 9.13. The lowest BCUT2D eigenvalue weighted by molar-refractivity contribution is -0.141. The van der Waals surface area contributed by atoms with E-state index >= 15 is 0 Å². The third-order valence-corrected chi connectivity index (χ3v) is 4.60. The van der Waals surface area contributed by atoms with Crippen LogP contribution in [0.2, 0.25) is 5.02 Å². The quantitative estimate of drug-likeness (QED) is 0.654. The zero-order chi connectivity index (χ0) is 18.4. The first-order chi connectivity index (χ1) is 12.6. The summed E-state index contributed by atoms with van der Waals surface area (Å²) in [5, 5.41) is 0.651.